The lowest BCUT2D eigenvalue weighted by Gasteiger charge is -2.05. The molecule has 7 heteroatoms. The van der Waals surface area contributed by atoms with E-state index in [0.717, 1.165) is 10.6 Å². The van der Waals surface area contributed by atoms with Crippen LogP contribution in [0, 0.1) is 0 Å². The Kier molecular flexibility index (Phi) is 4.76. The summed E-state index contributed by atoms with van der Waals surface area (Å²) in [5, 5.41) is 2.71. The summed E-state index contributed by atoms with van der Waals surface area (Å²) in [4.78, 5) is 33.0. The van der Waals surface area contributed by atoms with Crippen molar-refractivity contribution in [2.75, 3.05) is 0 Å². The van der Waals surface area contributed by atoms with Crippen LogP contribution in [0.2, 0.25) is 0 Å². The van der Waals surface area contributed by atoms with Crippen molar-refractivity contribution in [2.45, 2.75) is 13.0 Å². The summed E-state index contributed by atoms with van der Waals surface area (Å²) < 4.78 is 6.70. The zero-order valence-corrected chi connectivity index (χ0v) is 15.1. The predicted octanol–water partition coefficient (Wildman–Crippen LogP) is 3.10. The SMILES string of the molecule is O=C(Cc1csc(-c2ccccc2)n1)OCc1cc(=O)n2ccccc2n1. The van der Waals surface area contributed by atoms with E-state index in [-0.39, 0.29) is 18.6 Å². The molecular formula is C20H15N3O3S. The molecule has 0 atom stereocenters. The van der Waals surface area contributed by atoms with Crippen molar-refractivity contribution in [3.8, 4) is 10.6 Å². The van der Waals surface area contributed by atoms with Crippen molar-refractivity contribution in [2.24, 2.45) is 0 Å². The van der Waals surface area contributed by atoms with Gasteiger partial charge in [-0.2, -0.15) is 0 Å². The van der Waals surface area contributed by atoms with E-state index in [2.05, 4.69) is 9.97 Å². The summed E-state index contributed by atoms with van der Waals surface area (Å²) in [5.74, 6) is -0.407. The molecule has 27 heavy (non-hydrogen) atoms. The minimum Gasteiger partial charge on any atom is -0.459 e. The number of carbonyl (C=O) groups is 1. The molecule has 0 amide bonds. The average Bonchev–Trinajstić information content (AvgIpc) is 3.16. The minimum atomic E-state index is -0.407. The lowest BCUT2D eigenvalue weighted by atomic mass is 10.2. The molecule has 0 saturated carbocycles. The summed E-state index contributed by atoms with van der Waals surface area (Å²) in [6.45, 7) is -0.0465. The van der Waals surface area contributed by atoms with Crippen LogP contribution in [-0.2, 0) is 22.6 Å². The number of ether oxygens (including phenoxy) is 1. The minimum absolute atomic E-state index is 0.0465. The number of thiazole rings is 1. The number of rotatable bonds is 5. The van der Waals surface area contributed by atoms with Gasteiger partial charge in [-0.05, 0) is 12.1 Å². The topological polar surface area (TPSA) is 73.6 Å². The van der Waals surface area contributed by atoms with Crippen LogP contribution in [0.15, 0.2) is 71.0 Å². The molecule has 0 aliphatic rings. The second kappa shape index (κ2) is 7.51. The molecule has 0 saturated heterocycles. The van der Waals surface area contributed by atoms with Crippen molar-refractivity contribution < 1.29 is 9.53 Å². The number of hydrogen-bond acceptors (Lipinski definition) is 6. The van der Waals surface area contributed by atoms with Gasteiger partial charge in [-0.25, -0.2) is 9.97 Å². The maximum Gasteiger partial charge on any atom is 0.312 e. The summed E-state index contributed by atoms with van der Waals surface area (Å²) in [7, 11) is 0. The van der Waals surface area contributed by atoms with Gasteiger partial charge in [0.2, 0.25) is 0 Å². The first kappa shape index (κ1) is 17.1. The number of hydrogen-bond donors (Lipinski definition) is 0. The maximum absolute atomic E-state index is 12.1. The molecule has 1 aromatic carbocycles. The predicted molar refractivity (Wildman–Crippen MR) is 103 cm³/mol. The van der Waals surface area contributed by atoms with Crippen LogP contribution in [0.25, 0.3) is 16.2 Å². The molecule has 0 fully saturated rings. The molecular weight excluding hydrogens is 362 g/mol. The number of esters is 1. The average molecular weight is 377 g/mol. The molecule has 4 aromatic rings. The molecule has 0 unspecified atom stereocenters. The second-order valence-electron chi connectivity index (χ2n) is 5.86. The van der Waals surface area contributed by atoms with Gasteiger partial charge in [-0.15, -0.1) is 11.3 Å². The van der Waals surface area contributed by atoms with Gasteiger partial charge in [-0.1, -0.05) is 36.4 Å². The lowest BCUT2D eigenvalue weighted by Crippen LogP contribution is -2.16. The van der Waals surface area contributed by atoms with Crippen molar-refractivity contribution in [1.82, 2.24) is 14.4 Å². The number of carbonyl (C=O) groups excluding carboxylic acids is 1. The highest BCUT2D eigenvalue weighted by atomic mass is 32.1. The van der Waals surface area contributed by atoms with Gasteiger partial charge in [0.25, 0.3) is 5.56 Å². The molecule has 6 nitrogen and oxygen atoms in total. The van der Waals surface area contributed by atoms with E-state index in [9.17, 15) is 9.59 Å². The van der Waals surface area contributed by atoms with Crippen LogP contribution in [0.4, 0.5) is 0 Å². The molecule has 0 radical (unpaired) electrons. The molecule has 3 heterocycles. The van der Waals surface area contributed by atoms with Crippen LogP contribution < -0.4 is 5.56 Å². The Morgan fingerprint density at radius 3 is 2.70 bits per heavy atom. The van der Waals surface area contributed by atoms with Crippen molar-refractivity contribution in [1.29, 1.82) is 0 Å². The Morgan fingerprint density at radius 1 is 1.04 bits per heavy atom. The van der Waals surface area contributed by atoms with Crippen molar-refractivity contribution in [3.05, 3.63) is 87.9 Å². The number of aromatic nitrogens is 3. The van der Waals surface area contributed by atoms with Crippen LogP contribution in [-0.4, -0.2) is 20.3 Å². The van der Waals surface area contributed by atoms with E-state index in [1.807, 2.05) is 35.7 Å². The van der Waals surface area contributed by atoms with E-state index < -0.39 is 5.97 Å². The molecule has 4 rings (SSSR count). The van der Waals surface area contributed by atoms with Gasteiger partial charge in [-0.3, -0.25) is 14.0 Å². The Hall–Kier alpha value is -3.32. The summed E-state index contributed by atoms with van der Waals surface area (Å²) in [6, 6.07) is 16.5. The third kappa shape index (κ3) is 3.93. The maximum atomic E-state index is 12.1. The van der Waals surface area contributed by atoms with E-state index in [1.54, 1.807) is 24.4 Å². The van der Waals surface area contributed by atoms with E-state index in [0.29, 0.717) is 17.0 Å². The molecule has 0 aliphatic heterocycles. The zero-order valence-electron chi connectivity index (χ0n) is 14.2. The van der Waals surface area contributed by atoms with E-state index in [4.69, 9.17) is 4.74 Å². The van der Waals surface area contributed by atoms with Gasteiger partial charge in [0.15, 0.2) is 0 Å². The fraction of sp³-hybridized carbons (Fsp3) is 0.100. The smallest absolute Gasteiger partial charge is 0.312 e. The second-order valence-corrected chi connectivity index (χ2v) is 6.72. The summed E-state index contributed by atoms with van der Waals surface area (Å²) >= 11 is 1.49. The first-order valence-corrected chi connectivity index (χ1v) is 9.20. The summed E-state index contributed by atoms with van der Waals surface area (Å²) in [5.41, 5.74) is 2.41. The Labute approximate surface area is 158 Å². The molecule has 0 aliphatic carbocycles. The molecule has 3 aromatic heterocycles. The van der Waals surface area contributed by atoms with E-state index in [1.165, 1.54) is 21.8 Å². The lowest BCUT2D eigenvalue weighted by molar-refractivity contribution is -0.144. The third-order valence-corrected chi connectivity index (χ3v) is 4.84. The highest BCUT2D eigenvalue weighted by Crippen LogP contribution is 2.23. The molecule has 0 bridgehead atoms. The Morgan fingerprint density at radius 2 is 1.85 bits per heavy atom. The van der Waals surface area contributed by atoms with Crippen LogP contribution in [0.5, 0.6) is 0 Å². The van der Waals surface area contributed by atoms with Gasteiger partial charge in [0.1, 0.15) is 17.3 Å². The van der Waals surface area contributed by atoms with E-state index >= 15 is 0 Å². The Bertz CT molecular complexity index is 1150. The monoisotopic (exact) mass is 377 g/mol. The van der Waals surface area contributed by atoms with Crippen LogP contribution in [0.1, 0.15) is 11.4 Å². The Balaban J connectivity index is 1.40. The van der Waals surface area contributed by atoms with Gasteiger partial charge in [0.05, 0.1) is 17.8 Å². The largest absolute Gasteiger partial charge is 0.459 e. The highest BCUT2D eigenvalue weighted by Gasteiger charge is 2.11. The standard InChI is InChI=1S/C20H15N3O3S/c24-18-10-15(21-17-8-4-5-9-23(17)18)12-26-19(25)11-16-13-27-20(22-16)14-6-2-1-3-7-14/h1-10,13H,11-12H2. The quantitative estimate of drug-likeness (QED) is 0.500. The molecule has 134 valence electrons. The van der Waals surface area contributed by atoms with Crippen molar-refractivity contribution in [3.63, 3.8) is 0 Å². The third-order valence-electron chi connectivity index (χ3n) is 3.90. The normalized spacial score (nSPS) is 10.8. The zero-order chi connectivity index (χ0) is 18.6. The van der Waals surface area contributed by atoms with Gasteiger partial charge in [0, 0.05) is 23.2 Å². The van der Waals surface area contributed by atoms with Gasteiger partial charge < -0.3 is 4.74 Å². The number of pyridine rings is 1. The van der Waals surface area contributed by atoms with Crippen LogP contribution in [0.3, 0.4) is 0 Å². The number of nitrogens with zero attached hydrogens (tertiary/aromatic N) is 3. The summed E-state index contributed by atoms with van der Waals surface area (Å²) in [6.07, 6.45) is 1.73. The van der Waals surface area contributed by atoms with Crippen molar-refractivity contribution >= 4 is 23.0 Å². The first-order valence-electron chi connectivity index (χ1n) is 8.32. The molecule has 0 spiro atoms. The highest BCUT2D eigenvalue weighted by molar-refractivity contribution is 7.13. The van der Waals surface area contributed by atoms with Crippen LogP contribution >= 0.6 is 11.3 Å². The van der Waals surface area contributed by atoms with Gasteiger partial charge >= 0.3 is 5.97 Å². The number of fused-ring (bicyclic) bond motifs is 1. The fourth-order valence-electron chi connectivity index (χ4n) is 2.63. The number of benzene rings is 1. The fourth-order valence-corrected chi connectivity index (χ4v) is 3.46. The first-order chi connectivity index (χ1) is 13.2. The molecule has 0 N–H and O–H groups in total.